The molecule has 1 amide bonds. The summed E-state index contributed by atoms with van der Waals surface area (Å²) in [5, 5.41) is 0. The van der Waals surface area contributed by atoms with Gasteiger partial charge in [0.2, 0.25) is 5.91 Å². The van der Waals surface area contributed by atoms with Crippen molar-refractivity contribution in [3.63, 3.8) is 0 Å². The Morgan fingerprint density at radius 2 is 1.69 bits per heavy atom. The summed E-state index contributed by atoms with van der Waals surface area (Å²) >= 11 is 0. The van der Waals surface area contributed by atoms with E-state index in [4.69, 9.17) is 9.72 Å². The van der Waals surface area contributed by atoms with E-state index in [1.165, 1.54) is 0 Å². The quantitative estimate of drug-likeness (QED) is 0.633. The Kier molecular flexibility index (Phi) is 4.96. The molecule has 0 N–H and O–H groups in total. The summed E-state index contributed by atoms with van der Waals surface area (Å²) in [5.41, 5.74) is 2.18. The SMILES string of the molecule is O=C(C1CC1)N1CCC(Cn2c(COc3ccccc3)nc3ccccc32)CC1. The molecule has 2 aromatic carbocycles. The second-order valence-corrected chi connectivity index (χ2v) is 8.27. The molecular weight excluding hydrogens is 362 g/mol. The number of rotatable bonds is 6. The van der Waals surface area contributed by atoms with Crippen molar-refractivity contribution in [3.8, 4) is 5.75 Å². The molecule has 1 saturated heterocycles. The minimum atomic E-state index is 0.325. The molecule has 29 heavy (non-hydrogen) atoms. The van der Waals surface area contributed by atoms with Crippen molar-refractivity contribution in [2.75, 3.05) is 13.1 Å². The molecule has 3 aromatic rings. The summed E-state index contributed by atoms with van der Waals surface area (Å²) in [6, 6.07) is 18.2. The van der Waals surface area contributed by atoms with Crippen LogP contribution >= 0.6 is 0 Å². The van der Waals surface area contributed by atoms with Crippen LogP contribution in [0.25, 0.3) is 11.0 Å². The van der Waals surface area contributed by atoms with Crippen LogP contribution in [0.2, 0.25) is 0 Å². The van der Waals surface area contributed by atoms with Crippen LogP contribution in [0.15, 0.2) is 54.6 Å². The van der Waals surface area contributed by atoms with E-state index in [2.05, 4.69) is 27.7 Å². The molecule has 1 aliphatic heterocycles. The second-order valence-electron chi connectivity index (χ2n) is 8.27. The predicted octanol–water partition coefficient (Wildman–Crippen LogP) is 4.26. The number of carbonyl (C=O) groups excluding carboxylic acids is 1. The van der Waals surface area contributed by atoms with E-state index < -0.39 is 0 Å². The van der Waals surface area contributed by atoms with Gasteiger partial charge in [-0.3, -0.25) is 4.79 Å². The number of benzene rings is 2. The van der Waals surface area contributed by atoms with Gasteiger partial charge in [-0.1, -0.05) is 30.3 Å². The Hall–Kier alpha value is -2.82. The maximum Gasteiger partial charge on any atom is 0.225 e. The Morgan fingerprint density at radius 3 is 2.45 bits per heavy atom. The van der Waals surface area contributed by atoms with E-state index in [1.54, 1.807) is 0 Å². The Bertz CT molecular complexity index is 986. The summed E-state index contributed by atoms with van der Waals surface area (Å²) < 4.78 is 8.32. The summed E-state index contributed by atoms with van der Waals surface area (Å²) in [7, 11) is 0. The summed E-state index contributed by atoms with van der Waals surface area (Å²) in [6.45, 7) is 3.17. The van der Waals surface area contributed by atoms with E-state index in [0.717, 1.165) is 67.9 Å². The van der Waals surface area contributed by atoms with Crippen molar-refractivity contribution >= 4 is 16.9 Å². The van der Waals surface area contributed by atoms with Gasteiger partial charge in [-0.05, 0) is 55.9 Å². The molecule has 5 rings (SSSR count). The maximum absolute atomic E-state index is 12.3. The molecule has 2 heterocycles. The van der Waals surface area contributed by atoms with Crippen LogP contribution in [0.5, 0.6) is 5.75 Å². The number of likely N-dealkylation sites (tertiary alicyclic amines) is 1. The van der Waals surface area contributed by atoms with E-state index >= 15 is 0 Å². The minimum Gasteiger partial charge on any atom is -0.486 e. The molecule has 1 aliphatic carbocycles. The van der Waals surface area contributed by atoms with Crippen molar-refractivity contribution in [2.45, 2.75) is 38.8 Å². The minimum absolute atomic E-state index is 0.325. The van der Waals surface area contributed by atoms with Gasteiger partial charge >= 0.3 is 0 Å². The zero-order valence-corrected chi connectivity index (χ0v) is 16.7. The summed E-state index contributed by atoms with van der Waals surface area (Å²) in [5.74, 6) is 3.09. The number of amides is 1. The number of imidazole rings is 1. The molecule has 0 unspecified atom stereocenters. The molecule has 0 bridgehead atoms. The van der Waals surface area contributed by atoms with E-state index in [9.17, 15) is 4.79 Å². The average molecular weight is 389 g/mol. The van der Waals surface area contributed by atoms with Crippen LogP contribution in [0.1, 0.15) is 31.5 Å². The largest absolute Gasteiger partial charge is 0.486 e. The third kappa shape index (κ3) is 4.00. The van der Waals surface area contributed by atoms with E-state index in [1.807, 2.05) is 36.4 Å². The van der Waals surface area contributed by atoms with Crippen LogP contribution in [0, 0.1) is 11.8 Å². The zero-order valence-electron chi connectivity index (χ0n) is 16.7. The number of nitrogens with zero attached hydrogens (tertiary/aromatic N) is 3. The van der Waals surface area contributed by atoms with Gasteiger partial charge in [-0.15, -0.1) is 0 Å². The molecule has 5 heteroatoms. The van der Waals surface area contributed by atoms with Crippen LogP contribution < -0.4 is 4.74 Å². The summed E-state index contributed by atoms with van der Waals surface area (Å²) in [4.78, 5) is 19.3. The fourth-order valence-corrected chi connectivity index (χ4v) is 4.29. The normalized spacial score (nSPS) is 17.6. The highest BCUT2D eigenvalue weighted by Gasteiger charge is 2.35. The molecule has 5 nitrogen and oxygen atoms in total. The lowest BCUT2D eigenvalue weighted by Gasteiger charge is -2.32. The smallest absolute Gasteiger partial charge is 0.225 e. The van der Waals surface area contributed by atoms with Gasteiger partial charge in [0.25, 0.3) is 0 Å². The predicted molar refractivity (Wildman–Crippen MR) is 113 cm³/mol. The first-order valence-electron chi connectivity index (χ1n) is 10.7. The Balaban J connectivity index is 1.30. The van der Waals surface area contributed by atoms with Crippen molar-refractivity contribution in [1.29, 1.82) is 0 Å². The topological polar surface area (TPSA) is 47.4 Å². The number of aromatic nitrogens is 2. The highest BCUT2D eigenvalue weighted by atomic mass is 16.5. The van der Waals surface area contributed by atoms with Crippen LogP contribution in [-0.4, -0.2) is 33.4 Å². The van der Waals surface area contributed by atoms with E-state index in [0.29, 0.717) is 24.3 Å². The summed E-state index contributed by atoms with van der Waals surface area (Å²) in [6.07, 6.45) is 4.29. The number of fused-ring (bicyclic) bond motifs is 1. The zero-order chi connectivity index (χ0) is 19.6. The molecule has 2 aliphatic rings. The van der Waals surface area contributed by atoms with Gasteiger partial charge < -0.3 is 14.2 Å². The molecule has 0 spiro atoms. The van der Waals surface area contributed by atoms with Crippen molar-refractivity contribution in [2.24, 2.45) is 11.8 Å². The van der Waals surface area contributed by atoms with Crippen molar-refractivity contribution in [3.05, 3.63) is 60.4 Å². The first-order valence-corrected chi connectivity index (χ1v) is 10.7. The highest BCUT2D eigenvalue weighted by Crippen LogP contribution is 2.33. The van der Waals surface area contributed by atoms with Gasteiger partial charge in [0.15, 0.2) is 0 Å². The fraction of sp³-hybridized carbons (Fsp3) is 0.417. The molecule has 0 atom stereocenters. The standard InChI is InChI=1S/C24H27N3O2/c28-24(19-10-11-19)26-14-12-18(13-15-26)16-27-22-9-5-4-8-21(22)25-23(27)17-29-20-6-2-1-3-7-20/h1-9,18-19H,10-17H2. The third-order valence-electron chi connectivity index (χ3n) is 6.14. The second kappa shape index (κ2) is 7.90. The monoisotopic (exact) mass is 389 g/mol. The van der Waals surface area contributed by atoms with Crippen LogP contribution in [0.3, 0.4) is 0 Å². The average Bonchev–Trinajstić information content (AvgIpc) is 3.56. The van der Waals surface area contributed by atoms with Gasteiger partial charge in [0.05, 0.1) is 11.0 Å². The number of hydrogen-bond donors (Lipinski definition) is 0. The van der Waals surface area contributed by atoms with Gasteiger partial charge in [-0.25, -0.2) is 4.98 Å². The molecule has 150 valence electrons. The van der Waals surface area contributed by atoms with Crippen LogP contribution in [-0.2, 0) is 17.9 Å². The number of ether oxygens (including phenoxy) is 1. The molecule has 0 radical (unpaired) electrons. The highest BCUT2D eigenvalue weighted by molar-refractivity contribution is 5.81. The first kappa shape index (κ1) is 18.2. The van der Waals surface area contributed by atoms with Crippen molar-refractivity contribution < 1.29 is 9.53 Å². The molecule has 2 fully saturated rings. The van der Waals surface area contributed by atoms with E-state index in [-0.39, 0.29) is 0 Å². The third-order valence-corrected chi connectivity index (χ3v) is 6.14. The number of carbonyl (C=O) groups is 1. The molecular formula is C24H27N3O2. The molecule has 1 saturated carbocycles. The maximum atomic E-state index is 12.3. The van der Waals surface area contributed by atoms with Gasteiger partial charge in [-0.2, -0.15) is 0 Å². The first-order chi connectivity index (χ1) is 14.3. The fourth-order valence-electron chi connectivity index (χ4n) is 4.29. The van der Waals surface area contributed by atoms with Gasteiger partial charge in [0.1, 0.15) is 18.2 Å². The molecule has 1 aromatic heterocycles. The lowest BCUT2D eigenvalue weighted by atomic mass is 9.96. The van der Waals surface area contributed by atoms with Crippen molar-refractivity contribution in [1.82, 2.24) is 14.5 Å². The Labute approximate surface area is 171 Å². The number of piperidine rings is 1. The lowest BCUT2D eigenvalue weighted by Crippen LogP contribution is -2.40. The number of hydrogen-bond acceptors (Lipinski definition) is 3. The van der Waals surface area contributed by atoms with Gasteiger partial charge in [0, 0.05) is 25.6 Å². The lowest BCUT2D eigenvalue weighted by molar-refractivity contribution is -0.134. The van der Waals surface area contributed by atoms with Crippen LogP contribution in [0.4, 0.5) is 0 Å². The Morgan fingerprint density at radius 1 is 0.966 bits per heavy atom. The number of para-hydroxylation sites is 3.